The molecule has 31 heavy (non-hydrogen) atoms. The molecule has 0 unspecified atom stereocenters. The molecule has 2 heterocycles. The summed E-state index contributed by atoms with van der Waals surface area (Å²) in [5.74, 6) is 0.0706. The fourth-order valence-electron chi connectivity index (χ4n) is 5.18. The maximum atomic E-state index is 13.1. The first kappa shape index (κ1) is 21.8. The van der Waals surface area contributed by atoms with Crippen molar-refractivity contribution in [2.45, 2.75) is 64.2 Å². The average Bonchev–Trinajstić information content (AvgIpc) is 3.50. The predicted molar refractivity (Wildman–Crippen MR) is 116 cm³/mol. The monoisotopic (exact) mass is 427 g/mol. The van der Waals surface area contributed by atoms with Crippen LogP contribution in [-0.2, 0) is 25.7 Å². The molecule has 3 amide bonds. The molecule has 3 aliphatic rings. The van der Waals surface area contributed by atoms with Gasteiger partial charge in [0.15, 0.2) is 0 Å². The Kier molecular flexibility index (Phi) is 5.81. The Morgan fingerprint density at radius 3 is 2.32 bits per heavy atom. The van der Waals surface area contributed by atoms with Crippen LogP contribution in [0.4, 0.5) is 0 Å². The van der Waals surface area contributed by atoms with E-state index in [4.69, 9.17) is 4.74 Å². The molecule has 0 atom stereocenters. The molecule has 7 nitrogen and oxygen atoms in total. The minimum atomic E-state index is -0.515. The summed E-state index contributed by atoms with van der Waals surface area (Å²) in [5, 5.41) is 3.14. The fourth-order valence-corrected chi connectivity index (χ4v) is 5.18. The molecule has 2 aliphatic heterocycles. The number of likely N-dealkylation sites (tertiary alicyclic amines) is 2. The van der Waals surface area contributed by atoms with Crippen LogP contribution in [0, 0.1) is 12.8 Å². The highest BCUT2D eigenvalue weighted by Gasteiger charge is 2.67. The van der Waals surface area contributed by atoms with Gasteiger partial charge in [-0.1, -0.05) is 29.8 Å². The van der Waals surface area contributed by atoms with E-state index in [1.54, 1.807) is 11.8 Å². The number of benzene rings is 1. The summed E-state index contributed by atoms with van der Waals surface area (Å²) < 4.78 is 6.41. The zero-order chi connectivity index (χ0) is 22.2. The third-order valence-electron chi connectivity index (χ3n) is 7.11. The van der Waals surface area contributed by atoms with Crippen molar-refractivity contribution in [3.05, 3.63) is 35.4 Å². The predicted octanol–water partition coefficient (Wildman–Crippen LogP) is 2.02. The van der Waals surface area contributed by atoms with E-state index in [0.29, 0.717) is 45.6 Å². The highest BCUT2D eigenvalue weighted by molar-refractivity contribution is 5.82. The number of nitrogens with zero attached hydrogens (tertiary/aromatic N) is 2. The van der Waals surface area contributed by atoms with Crippen LogP contribution >= 0.6 is 0 Å². The molecule has 1 aliphatic carbocycles. The lowest BCUT2D eigenvalue weighted by molar-refractivity contribution is -0.162. The number of carbonyl (C=O) groups is 3. The molecule has 0 aromatic heterocycles. The molecule has 0 bridgehead atoms. The Bertz CT molecular complexity index is 865. The minimum Gasteiger partial charge on any atom is -0.368 e. The van der Waals surface area contributed by atoms with E-state index >= 15 is 0 Å². The molecule has 4 rings (SSSR count). The molecule has 0 radical (unpaired) electrons. The lowest BCUT2D eigenvalue weighted by Gasteiger charge is -2.55. The summed E-state index contributed by atoms with van der Waals surface area (Å²) in [6.45, 7) is 7.93. The van der Waals surface area contributed by atoms with Gasteiger partial charge in [-0.15, -0.1) is 0 Å². The van der Waals surface area contributed by atoms with Gasteiger partial charge in [0.25, 0.3) is 0 Å². The number of carbonyl (C=O) groups excluding carboxylic acids is 3. The van der Waals surface area contributed by atoms with Gasteiger partial charge in [0.1, 0.15) is 5.54 Å². The van der Waals surface area contributed by atoms with Gasteiger partial charge >= 0.3 is 0 Å². The molecule has 1 aromatic carbocycles. The first-order valence-corrected chi connectivity index (χ1v) is 11.3. The van der Waals surface area contributed by atoms with Crippen molar-refractivity contribution in [3.8, 4) is 0 Å². The van der Waals surface area contributed by atoms with Crippen LogP contribution in [0.2, 0.25) is 0 Å². The van der Waals surface area contributed by atoms with E-state index in [1.807, 2.05) is 11.0 Å². The summed E-state index contributed by atoms with van der Waals surface area (Å²) >= 11 is 0. The van der Waals surface area contributed by atoms with Gasteiger partial charge in [-0.2, -0.15) is 0 Å². The molecule has 7 heteroatoms. The summed E-state index contributed by atoms with van der Waals surface area (Å²) in [4.78, 5) is 40.3. The lowest BCUT2D eigenvalue weighted by atomic mass is 9.79. The van der Waals surface area contributed by atoms with Gasteiger partial charge in [-0.3, -0.25) is 14.4 Å². The van der Waals surface area contributed by atoms with Gasteiger partial charge in [0, 0.05) is 45.9 Å². The third-order valence-corrected chi connectivity index (χ3v) is 7.11. The van der Waals surface area contributed by atoms with Crippen LogP contribution in [0.1, 0.15) is 50.7 Å². The van der Waals surface area contributed by atoms with Crippen LogP contribution < -0.4 is 5.32 Å². The molecule has 1 saturated carbocycles. The highest BCUT2D eigenvalue weighted by Crippen LogP contribution is 2.52. The van der Waals surface area contributed by atoms with E-state index in [0.717, 1.165) is 18.4 Å². The first-order valence-electron chi connectivity index (χ1n) is 11.3. The van der Waals surface area contributed by atoms with E-state index in [9.17, 15) is 14.4 Å². The molecular weight excluding hydrogens is 394 g/mol. The van der Waals surface area contributed by atoms with Crippen LogP contribution in [0.3, 0.4) is 0 Å². The number of hydrogen-bond donors (Lipinski definition) is 1. The van der Waals surface area contributed by atoms with Gasteiger partial charge < -0.3 is 19.9 Å². The van der Waals surface area contributed by atoms with Gasteiger partial charge in [0.05, 0.1) is 12.2 Å². The van der Waals surface area contributed by atoms with Crippen molar-refractivity contribution < 1.29 is 19.1 Å². The smallest absolute Gasteiger partial charge is 0.225 e. The van der Waals surface area contributed by atoms with Crippen molar-refractivity contribution >= 4 is 17.7 Å². The van der Waals surface area contributed by atoms with Gasteiger partial charge in [-0.05, 0) is 38.2 Å². The first-order chi connectivity index (χ1) is 14.7. The Balaban J connectivity index is 1.39. The normalized spacial score (nSPS) is 21.9. The molecule has 1 N–H and O–H groups in total. The fraction of sp³-hybridized carbons (Fsp3) is 0.625. The molecular formula is C24H33N3O4. The van der Waals surface area contributed by atoms with Crippen LogP contribution in [0.25, 0.3) is 0 Å². The second kappa shape index (κ2) is 8.26. The summed E-state index contributed by atoms with van der Waals surface area (Å²) in [5.41, 5.74) is 1.39. The quantitative estimate of drug-likeness (QED) is 0.753. The molecule has 1 aromatic rings. The topological polar surface area (TPSA) is 79.0 Å². The van der Waals surface area contributed by atoms with Crippen molar-refractivity contribution in [2.24, 2.45) is 5.92 Å². The highest BCUT2D eigenvalue weighted by atomic mass is 16.5. The number of amides is 3. The average molecular weight is 428 g/mol. The summed E-state index contributed by atoms with van der Waals surface area (Å²) in [7, 11) is 0. The van der Waals surface area contributed by atoms with Crippen LogP contribution in [-0.4, -0.2) is 64.8 Å². The summed E-state index contributed by atoms with van der Waals surface area (Å²) in [6.07, 6.45) is 3.18. The molecule has 0 spiro atoms. The number of ether oxygens (including phenoxy) is 1. The number of nitrogens with one attached hydrogen (secondary N) is 1. The standard InChI is InChI=1S/C24H33N3O4/c1-17-5-4-6-20(13-17)14-31-24(9-10-24)23(25-18(2)28)15-27(16-23)22(30)21-7-11-26(12-8-21)19(3)29/h4-6,13,21H,7-12,14-16H2,1-3H3,(H,25,28). The van der Waals surface area contributed by atoms with E-state index in [1.165, 1.54) is 12.5 Å². The van der Waals surface area contributed by atoms with E-state index in [-0.39, 0.29) is 23.6 Å². The summed E-state index contributed by atoms with van der Waals surface area (Å²) in [6, 6.07) is 8.26. The van der Waals surface area contributed by atoms with Gasteiger partial charge in [-0.25, -0.2) is 0 Å². The number of rotatable bonds is 6. The lowest BCUT2D eigenvalue weighted by Crippen LogP contribution is -2.78. The Morgan fingerprint density at radius 2 is 1.77 bits per heavy atom. The van der Waals surface area contributed by atoms with Crippen LogP contribution in [0.5, 0.6) is 0 Å². The van der Waals surface area contributed by atoms with Crippen LogP contribution in [0.15, 0.2) is 24.3 Å². The van der Waals surface area contributed by atoms with Crippen molar-refractivity contribution in [3.63, 3.8) is 0 Å². The van der Waals surface area contributed by atoms with E-state index in [2.05, 4.69) is 30.4 Å². The van der Waals surface area contributed by atoms with E-state index < -0.39 is 11.1 Å². The van der Waals surface area contributed by atoms with Crippen molar-refractivity contribution in [1.29, 1.82) is 0 Å². The van der Waals surface area contributed by atoms with Crippen molar-refractivity contribution in [2.75, 3.05) is 26.2 Å². The zero-order valence-corrected chi connectivity index (χ0v) is 18.8. The molecule has 2 saturated heterocycles. The second-order valence-corrected chi connectivity index (χ2v) is 9.51. The third kappa shape index (κ3) is 4.33. The number of aryl methyl sites for hydroxylation is 1. The SMILES string of the molecule is CC(=O)NC1(C2(OCc3cccc(C)c3)CC2)CN(C(=O)C2CCN(C(C)=O)CC2)C1. The number of hydrogen-bond acceptors (Lipinski definition) is 4. The largest absolute Gasteiger partial charge is 0.368 e. The van der Waals surface area contributed by atoms with Gasteiger partial charge in [0.2, 0.25) is 17.7 Å². The zero-order valence-electron chi connectivity index (χ0n) is 18.8. The Labute approximate surface area is 184 Å². The maximum Gasteiger partial charge on any atom is 0.225 e. The second-order valence-electron chi connectivity index (χ2n) is 9.51. The molecule has 3 fully saturated rings. The maximum absolute atomic E-state index is 13.1. The minimum absolute atomic E-state index is 0.0470. The number of piperidine rings is 1. The Hall–Kier alpha value is -2.41. The Morgan fingerprint density at radius 1 is 1.10 bits per heavy atom. The molecule has 168 valence electrons. The van der Waals surface area contributed by atoms with Crippen molar-refractivity contribution in [1.82, 2.24) is 15.1 Å².